The highest BCUT2D eigenvalue weighted by Gasteiger charge is 2.33. The monoisotopic (exact) mass is 493 g/mol. The van der Waals surface area contributed by atoms with Crippen LogP contribution in [0.15, 0.2) is 51.8 Å². The molecule has 0 saturated carbocycles. The molecule has 1 saturated heterocycles. The van der Waals surface area contributed by atoms with Crippen molar-refractivity contribution in [3.63, 3.8) is 0 Å². The summed E-state index contributed by atoms with van der Waals surface area (Å²) < 4.78 is 1.10. The third-order valence-corrected chi connectivity index (χ3v) is 5.66. The zero-order chi connectivity index (χ0) is 21.1. The van der Waals surface area contributed by atoms with Crippen LogP contribution in [-0.4, -0.2) is 37.6 Å². The summed E-state index contributed by atoms with van der Waals surface area (Å²) in [6.07, 6.45) is 1.68. The van der Waals surface area contributed by atoms with E-state index in [9.17, 15) is 24.8 Å². The van der Waals surface area contributed by atoms with Gasteiger partial charge in [-0.3, -0.25) is 24.6 Å². The molecule has 1 aliphatic rings. The number of benzene rings is 2. The van der Waals surface area contributed by atoms with Crippen molar-refractivity contribution in [2.45, 2.75) is 0 Å². The Hall–Kier alpha value is -2.76. The molecular formula is C18H12BrN3O5S2. The van der Waals surface area contributed by atoms with Crippen LogP contribution in [0.1, 0.15) is 5.56 Å². The predicted octanol–water partition coefficient (Wildman–Crippen LogP) is 3.90. The molecule has 1 fully saturated rings. The second kappa shape index (κ2) is 8.72. The molecule has 3 rings (SSSR count). The van der Waals surface area contributed by atoms with E-state index in [1.165, 1.54) is 6.07 Å². The number of phenolic OH excluding ortho intramolecular Hbond substituents is 1. The van der Waals surface area contributed by atoms with Crippen LogP contribution in [-0.2, 0) is 9.59 Å². The Kier molecular flexibility index (Phi) is 6.30. The molecule has 1 heterocycles. The first-order valence-corrected chi connectivity index (χ1v) is 10.0. The highest BCUT2D eigenvalue weighted by Crippen LogP contribution is 2.33. The molecular weight excluding hydrogens is 482 g/mol. The van der Waals surface area contributed by atoms with Crippen LogP contribution in [0, 0.1) is 10.1 Å². The Balaban J connectivity index is 1.70. The molecule has 0 aromatic heterocycles. The fraction of sp³-hybridized carbons (Fsp3) is 0.0556. The molecule has 2 amide bonds. The van der Waals surface area contributed by atoms with Gasteiger partial charge in [0.15, 0.2) is 0 Å². The number of rotatable bonds is 5. The molecule has 0 bridgehead atoms. The van der Waals surface area contributed by atoms with Gasteiger partial charge >= 0.3 is 0 Å². The molecule has 0 atom stereocenters. The van der Waals surface area contributed by atoms with Gasteiger partial charge in [0.25, 0.3) is 11.6 Å². The van der Waals surface area contributed by atoms with E-state index in [0.29, 0.717) is 4.91 Å². The molecule has 8 nitrogen and oxygen atoms in total. The average molecular weight is 494 g/mol. The number of anilines is 1. The summed E-state index contributed by atoms with van der Waals surface area (Å²) in [5, 5.41) is 23.0. The van der Waals surface area contributed by atoms with E-state index >= 15 is 0 Å². The number of hydrogen-bond acceptors (Lipinski definition) is 7. The van der Waals surface area contributed by atoms with E-state index in [1.807, 2.05) is 24.3 Å². The van der Waals surface area contributed by atoms with Gasteiger partial charge in [0.2, 0.25) is 5.91 Å². The summed E-state index contributed by atoms with van der Waals surface area (Å²) in [6.45, 7) is -0.350. The molecule has 2 aromatic rings. The maximum absolute atomic E-state index is 12.6. The molecule has 0 spiro atoms. The van der Waals surface area contributed by atoms with Crippen molar-refractivity contribution in [1.29, 1.82) is 0 Å². The van der Waals surface area contributed by atoms with E-state index in [4.69, 9.17) is 12.2 Å². The van der Waals surface area contributed by atoms with Crippen molar-refractivity contribution in [3.05, 3.63) is 67.5 Å². The van der Waals surface area contributed by atoms with Crippen LogP contribution >= 0.6 is 39.9 Å². The second-order valence-corrected chi connectivity index (χ2v) is 8.42. The topological polar surface area (TPSA) is 113 Å². The lowest BCUT2D eigenvalue weighted by molar-refractivity contribution is -0.384. The largest absolute Gasteiger partial charge is 0.506 e. The van der Waals surface area contributed by atoms with Gasteiger partial charge in [-0.1, -0.05) is 52.0 Å². The number of carbonyl (C=O) groups is 2. The summed E-state index contributed by atoms with van der Waals surface area (Å²) in [6, 6.07) is 10.7. The van der Waals surface area contributed by atoms with Crippen molar-refractivity contribution in [1.82, 2.24) is 4.90 Å². The van der Waals surface area contributed by atoms with Gasteiger partial charge in [-0.15, -0.1) is 0 Å². The van der Waals surface area contributed by atoms with Gasteiger partial charge in [-0.05, 0) is 29.8 Å². The number of phenols is 1. The number of aromatic hydroxyl groups is 1. The van der Waals surface area contributed by atoms with Crippen LogP contribution in [0.2, 0.25) is 0 Å². The first-order valence-electron chi connectivity index (χ1n) is 8.03. The maximum Gasteiger partial charge on any atom is 0.273 e. The Morgan fingerprint density at radius 3 is 2.76 bits per heavy atom. The molecule has 0 aliphatic carbocycles. The predicted molar refractivity (Wildman–Crippen MR) is 117 cm³/mol. The number of thioether (sulfide) groups is 1. The summed E-state index contributed by atoms with van der Waals surface area (Å²) in [5.41, 5.74) is 0.492. The number of amides is 2. The third kappa shape index (κ3) is 5.00. The number of nitro groups is 1. The molecule has 2 aromatic carbocycles. The first kappa shape index (κ1) is 21.0. The fourth-order valence-corrected chi connectivity index (χ4v) is 4.13. The van der Waals surface area contributed by atoms with Crippen LogP contribution in [0.5, 0.6) is 5.75 Å². The van der Waals surface area contributed by atoms with Gasteiger partial charge in [0, 0.05) is 10.5 Å². The molecule has 2 N–H and O–H groups in total. The van der Waals surface area contributed by atoms with Gasteiger partial charge in [-0.25, -0.2) is 0 Å². The number of non-ortho nitro benzene ring substituents is 1. The molecule has 11 heteroatoms. The van der Waals surface area contributed by atoms with Gasteiger partial charge in [-0.2, -0.15) is 0 Å². The first-order chi connectivity index (χ1) is 13.7. The highest BCUT2D eigenvalue weighted by atomic mass is 79.9. The van der Waals surface area contributed by atoms with Crippen LogP contribution in [0.4, 0.5) is 11.4 Å². The Bertz CT molecular complexity index is 1070. The SMILES string of the molecule is O=C(CN1C(=O)/C(=C\c2cccc(Br)c2)SC1=S)Nc1ccc([N+](=O)[O-])cc1O. The molecule has 148 valence electrons. The number of thiocarbonyl (C=S) groups is 1. The second-order valence-electron chi connectivity index (χ2n) is 5.83. The Morgan fingerprint density at radius 1 is 1.34 bits per heavy atom. The summed E-state index contributed by atoms with van der Waals surface area (Å²) in [5.74, 6) is -1.45. The van der Waals surface area contributed by atoms with Crippen molar-refractivity contribution in [2.75, 3.05) is 11.9 Å². The minimum absolute atomic E-state index is 0.00396. The van der Waals surface area contributed by atoms with E-state index in [-0.39, 0.29) is 22.2 Å². The van der Waals surface area contributed by atoms with Gasteiger partial charge in [0.1, 0.15) is 16.6 Å². The van der Waals surface area contributed by atoms with Crippen LogP contribution in [0.25, 0.3) is 6.08 Å². The zero-order valence-corrected chi connectivity index (χ0v) is 17.7. The van der Waals surface area contributed by atoms with Gasteiger partial charge in [0.05, 0.1) is 21.6 Å². The number of carbonyl (C=O) groups excluding carboxylic acids is 2. The number of nitro benzene ring substituents is 1. The minimum Gasteiger partial charge on any atom is -0.506 e. The van der Waals surface area contributed by atoms with Crippen molar-refractivity contribution in [3.8, 4) is 5.75 Å². The van der Waals surface area contributed by atoms with Crippen molar-refractivity contribution >= 4 is 73.5 Å². The number of hydrogen-bond donors (Lipinski definition) is 2. The number of nitrogens with zero attached hydrogens (tertiary/aromatic N) is 2. The van der Waals surface area contributed by atoms with E-state index < -0.39 is 22.5 Å². The van der Waals surface area contributed by atoms with E-state index in [0.717, 1.165) is 38.8 Å². The third-order valence-electron chi connectivity index (χ3n) is 3.79. The highest BCUT2D eigenvalue weighted by molar-refractivity contribution is 9.10. The lowest BCUT2D eigenvalue weighted by Crippen LogP contribution is -2.36. The summed E-state index contributed by atoms with van der Waals surface area (Å²) in [7, 11) is 0. The fourth-order valence-electron chi connectivity index (χ4n) is 2.46. The Morgan fingerprint density at radius 2 is 2.10 bits per heavy atom. The normalized spacial score (nSPS) is 15.1. The quantitative estimate of drug-likeness (QED) is 0.213. The lowest BCUT2D eigenvalue weighted by atomic mass is 10.2. The summed E-state index contributed by atoms with van der Waals surface area (Å²) >= 11 is 9.66. The number of nitrogens with one attached hydrogen (secondary N) is 1. The molecule has 29 heavy (non-hydrogen) atoms. The Labute approximate surface area is 182 Å². The number of halogens is 1. The average Bonchev–Trinajstić information content (AvgIpc) is 2.90. The lowest BCUT2D eigenvalue weighted by Gasteiger charge is -2.14. The maximum atomic E-state index is 12.6. The van der Waals surface area contributed by atoms with Crippen LogP contribution < -0.4 is 5.32 Å². The minimum atomic E-state index is -0.664. The molecule has 1 aliphatic heterocycles. The smallest absolute Gasteiger partial charge is 0.273 e. The van der Waals surface area contributed by atoms with Crippen molar-refractivity contribution in [2.24, 2.45) is 0 Å². The van der Waals surface area contributed by atoms with Gasteiger partial charge < -0.3 is 10.4 Å². The molecule has 0 unspecified atom stereocenters. The summed E-state index contributed by atoms with van der Waals surface area (Å²) in [4.78, 5) is 36.5. The molecule has 0 radical (unpaired) electrons. The zero-order valence-electron chi connectivity index (χ0n) is 14.5. The van der Waals surface area contributed by atoms with Crippen molar-refractivity contribution < 1.29 is 19.6 Å². The van der Waals surface area contributed by atoms with E-state index in [2.05, 4.69) is 21.2 Å². The van der Waals surface area contributed by atoms with E-state index in [1.54, 1.807) is 6.08 Å². The van der Waals surface area contributed by atoms with Crippen LogP contribution in [0.3, 0.4) is 0 Å². The standard InChI is InChI=1S/C18H12BrN3O5S2/c19-11-3-1-2-10(6-11)7-15-17(25)21(18(28)29-15)9-16(24)20-13-5-4-12(22(26)27)8-14(13)23/h1-8,23H,9H2,(H,20,24)/b15-7+.